The number of carbonyl (C=O) groups is 1. The second kappa shape index (κ2) is 7.77. The molecule has 3 aromatic rings. The van der Waals surface area contributed by atoms with Crippen molar-refractivity contribution in [3.8, 4) is 0 Å². The zero-order valence-electron chi connectivity index (χ0n) is 13.7. The minimum Gasteiger partial charge on any atom is -0.479 e. The molecule has 0 unspecified atom stereocenters. The predicted octanol–water partition coefficient (Wildman–Crippen LogP) is 4.05. The quantitative estimate of drug-likeness (QED) is 0.716. The van der Waals surface area contributed by atoms with Gasteiger partial charge >= 0.3 is 5.97 Å². The molecule has 3 aromatic carbocycles. The van der Waals surface area contributed by atoms with E-state index in [0.29, 0.717) is 0 Å². The number of aliphatic hydroxyl groups is 1. The lowest BCUT2D eigenvalue weighted by Crippen LogP contribution is -2.32. The first kappa shape index (κ1) is 16.9. The summed E-state index contributed by atoms with van der Waals surface area (Å²) >= 11 is 0. The van der Waals surface area contributed by atoms with Crippen LogP contribution in [0, 0.1) is 0 Å². The number of rotatable bonds is 6. The summed E-state index contributed by atoms with van der Waals surface area (Å²) in [4.78, 5) is 11.6. The van der Waals surface area contributed by atoms with Gasteiger partial charge in [0.2, 0.25) is 0 Å². The summed E-state index contributed by atoms with van der Waals surface area (Å²) in [6.45, 7) is 0. The van der Waals surface area contributed by atoms with Crippen LogP contribution in [0.25, 0.3) is 0 Å². The highest BCUT2D eigenvalue weighted by Gasteiger charge is 2.35. The van der Waals surface area contributed by atoms with Gasteiger partial charge in [0.05, 0.1) is 0 Å². The molecule has 0 bridgehead atoms. The van der Waals surface area contributed by atoms with Crippen LogP contribution in [-0.4, -0.2) is 22.3 Å². The Hall–Kier alpha value is -2.91. The number of benzene rings is 3. The van der Waals surface area contributed by atoms with Gasteiger partial charge in [-0.25, -0.2) is 4.79 Å². The zero-order valence-corrected chi connectivity index (χ0v) is 13.7. The second-order valence-electron chi connectivity index (χ2n) is 6.02. The number of aliphatic hydroxyl groups excluding tert-OH is 1. The van der Waals surface area contributed by atoms with Gasteiger partial charge in [0.15, 0.2) is 6.10 Å². The molecule has 0 radical (unpaired) electrons. The van der Waals surface area contributed by atoms with Crippen LogP contribution in [0.15, 0.2) is 91.0 Å². The molecule has 3 rings (SSSR count). The van der Waals surface area contributed by atoms with Crippen molar-refractivity contribution in [2.75, 3.05) is 0 Å². The molecule has 3 nitrogen and oxygen atoms in total. The molecule has 0 aliphatic carbocycles. The lowest BCUT2D eigenvalue weighted by Gasteiger charge is -2.30. The Labute approximate surface area is 147 Å². The van der Waals surface area contributed by atoms with Crippen molar-refractivity contribution in [2.24, 2.45) is 0 Å². The summed E-state index contributed by atoms with van der Waals surface area (Å²) in [5, 5.41) is 20.0. The largest absolute Gasteiger partial charge is 0.479 e. The Balaban J connectivity index is 2.18. The molecule has 0 saturated carbocycles. The number of carboxylic acid groups (broad SMARTS) is 1. The minimum absolute atomic E-state index is 0.268. The number of aliphatic carboxylic acids is 1. The first-order chi connectivity index (χ1) is 12.2. The zero-order chi connectivity index (χ0) is 17.6. The van der Waals surface area contributed by atoms with Gasteiger partial charge in [0.1, 0.15) is 0 Å². The first-order valence-corrected chi connectivity index (χ1v) is 8.24. The fourth-order valence-electron chi connectivity index (χ4n) is 3.31. The molecule has 3 heteroatoms. The van der Waals surface area contributed by atoms with Gasteiger partial charge in [-0.15, -0.1) is 0 Å². The summed E-state index contributed by atoms with van der Waals surface area (Å²) in [6, 6.07) is 28.8. The summed E-state index contributed by atoms with van der Waals surface area (Å²) in [5.74, 6) is -2.08. The van der Waals surface area contributed by atoms with E-state index in [0.717, 1.165) is 16.7 Å². The van der Waals surface area contributed by atoms with Crippen LogP contribution in [0.3, 0.4) is 0 Å². The van der Waals surface area contributed by atoms with Crippen LogP contribution < -0.4 is 0 Å². The van der Waals surface area contributed by atoms with E-state index in [1.165, 1.54) is 0 Å². The summed E-state index contributed by atoms with van der Waals surface area (Å²) in [5.41, 5.74) is 2.75. The van der Waals surface area contributed by atoms with Crippen molar-refractivity contribution in [1.29, 1.82) is 0 Å². The predicted molar refractivity (Wildman–Crippen MR) is 97.6 cm³/mol. The lowest BCUT2D eigenvalue weighted by molar-refractivity contribution is -0.148. The van der Waals surface area contributed by atoms with Crippen molar-refractivity contribution in [2.45, 2.75) is 17.9 Å². The Kier molecular flexibility index (Phi) is 5.26. The number of carboxylic acids is 1. The van der Waals surface area contributed by atoms with Gasteiger partial charge in [0, 0.05) is 11.8 Å². The Morgan fingerprint density at radius 3 is 1.36 bits per heavy atom. The molecular weight excluding hydrogens is 312 g/mol. The van der Waals surface area contributed by atoms with Crippen molar-refractivity contribution in [3.63, 3.8) is 0 Å². The molecule has 0 aromatic heterocycles. The molecule has 25 heavy (non-hydrogen) atoms. The monoisotopic (exact) mass is 332 g/mol. The van der Waals surface area contributed by atoms with Crippen molar-refractivity contribution >= 4 is 5.97 Å². The normalized spacial score (nSPS) is 13.4. The topological polar surface area (TPSA) is 57.5 Å². The highest BCUT2D eigenvalue weighted by Crippen LogP contribution is 2.40. The Morgan fingerprint density at radius 2 is 1.00 bits per heavy atom. The van der Waals surface area contributed by atoms with Gasteiger partial charge in [0.25, 0.3) is 0 Å². The van der Waals surface area contributed by atoms with E-state index in [4.69, 9.17) is 0 Å². The Bertz CT molecular complexity index is 761. The van der Waals surface area contributed by atoms with Gasteiger partial charge in [-0.1, -0.05) is 91.0 Å². The smallest absolute Gasteiger partial charge is 0.333 e. The van der Waals surface area contributed by atoms with E-state index in [1.54, 1.807) is 0 Å². The molecule has 0 aliphatic heterocycles. The van der Waals surface area contributed by atoms with Crippen LogP contribution in [0.5, 0.6) is 0 Å². The standard InChI is InChI=1S/C22H20O3/c23-21(22(24)25)20(18-14-8-3-9-15-18)19(16-10-4-1-5-11-16)17-12-6-2-7-13-17/h1-15,19-21,23H,(H,24,25)/t20-,21-/m1/s1. The van der Waals surface area contributed by atoms with Gasteiger partial charge < -0.3 is 10.2 Å². The van der Waals surface area contributed by atoms with Gasteiger partial charge in [-0.3, -0.25) is 0 Å². The maximum atomic E-state index is 11.6. The van der Waals surface area contributed by atoms with E-state index in [-0.39, 0.29) is 5.92 Å². The molecule has 0 amide bonds. The third kappa shape index (κ3) is 3.78. The molecule has 0 saturated heterocycles. The summed E-state index contributed by atoms with van der Waals surface area (Å²) in [7, 11) is 0. The van der Waals surface area contributed by atoms with Crippen molar-refractivity contribution in [1.82, 2.24) is 0 Å². The van der Waals surface area contributed by atoms with Gasteiger partial charge in [-0.2, -0.15) is 0 Å². The third-order valence-corrected chi connectivity index (χ3v) is 4.45. The highest BCUT2D eigenvalue weighted by atomic mass is 16.4. The maximum Gasteiger partial charge on any atom is 0.333 e. The lowest BCUT2D eigenvalue weighted by atomic mass is 9.74. The maximum absolute atomic E-state index is 11.6. The molecular formula is C22H20O3. The summed E-state index contributed by atoms with van der Waals surface area (Å²) in [6.07, 6.45) is -1.51. The first-order valence-electron chi connectivity index (χ1n) is 8.24. The molecule has 0 heterocycles. The number of hydrogen-bond acceptors (Lipinski definition) is 2. The molecule has 0 spiro atoms. The van der Waals surface area contributed by atoms with E-state index in [2.05, 4.69) is 0 Å². The van der Waals surface area contributed by atoms with E-state index in [1.807, 2.05) is 91.0 Å². The molecule has 2 N–H and O–H groups in total. The molecule has 2 atom stereocenters. The van der Waals surface area contributed by atoms with Crippen molar-refractivity contribution in [3.05, 3.63) is 108 Å². The van der Waals surface area contributed by atoms with Crippen molar-refractivity contribution < 1.29 is 15.0 Å². The average Bonchev–Trinajstić information content (AvgIpc) is 2.67. The van der Waals surface area contributed by atoms with E-state index < -0.39 is 18.0 Å². The van der Waals surface area contributed by atoms with Crippen LogP contribution in [0.4, 0.5) is 0 Å². The molecule has 0 aliphatic rings. The fraction of sp³-hybridized carbons (Fsp3) is 0.136. The van der Waals surface area contributed by atoms with Crippen LogP contribution >= 0.6 is 0 Å². The van der Waals surface area contributed by atoms with Crippen LogP contribution in [-0.2, 0) is 4.79 Å². The second-order valence-corrected chi connectivity index (χ2v) is 6.02. The average molecular weight is 332 g/mol. The Morgan fingerprint density at radius 1 is 0.640 bits per heavy atom. The third-order valence-electron chi connectivity index (χ3n) is 4.45. The van der Waals surface area contributed by atoms with Crippen LogP contribution in [0.1, 0.15) is 28.5 Å². The molecule has 0 fully saturated rings. The fourth-order valence-corrected chi connectivity index (χ4v) is 3.31. The minimum atomic E-state index is -1.51. The molecule has 126 valence electrons. The number of hydrogen-bond donors (Lipinski definition) is 2. The van der Waals surface area contributed by atoms with Gasteiger partial charge in [-0.05, 0) is 16.7 Å². The highest BCUT2D eigenvalue weighted by molar-refractivity contribution is 5.74. The van der Waals surface area contributed by atoms with E-state index >= 15 is 0 Å². The summed E-state index contributed by atoms with van der Waals surface area (Å²) < 4.78 is 0. The van der Waals surface area contributed by atoms with Crippen LogP contribution in [0.2, 0.25) is 0 Å². The SMILES string of the molecule is O=C(O)[C@H](O)[C@H](c1ccccc1)C(c1ccccc1)c1ccccc1. The van der Waals surface area contributed by atoms with E-state index in [9.17, 15) is 15.0 Å².